The van der Waals surface area contributed by atoms with Crippen LogP contribution in [0.4, 0.5) is 0 Å². The standard InChI is InChI=1S/C11H16ClNO/c1-8(14)7-13-9(2)10-4-3-5-11(12)6-10/h3-6,8-9,13-14H,7H2,1-2H3/t8-,9+/m0/s1. The number of rotatable bonds is 4. The van der Waals surface area contributed by atoms with Gasteiger partial charge in [0.05, 0.1) is 6.10 Å². The van der Waals surface area contributed by atoms with Crippen molar-refractivity contribution < 1.29 is 5.11 Å². The van der Waals surface area contributed by atoms with Gasteiger partial charge < -0.3 is 10.4 Å². The SMILES string of the molecule is C[C@H](O)CN[C@H](C)c1cccc(Cl)c1. The van der Waals surface area contributed by atoms with E-state index in [4.69, 9.17) is 16.7 Å². The second-order valence-corrected chi connectivity index (χ2v) is 3.97. The minimum Gasteiger partial charge on any atom is -0.392 e. The van der Waals surface area contributed by atoms with E-state index in [9.17, 15) is 0 Å². The van der Waals surface area contributed by atoms with Gasteiger partial charge in [0.2, 0.25) is 0 Å². The number of benzene rings is 1. The van der Waals surface area contributed by atoms with E-state index in [1.54, 1.807) is 6.92 Å². The lowest BCUT2D eigenvalue weighted by Gasteiger charge is -2.15. The molecule has 0 saturated heterocycles. The first-order valence-corrected chi connectivity index (χ1v) is 5.14. The quantitative estimate of drug-likeness (QED) is 0.805. The Balaban J connectivity index is 2.56. The lowest BCUT2D eigenvalue weighted by Crippen LogP contribution is -2.27. The summed E-state index contributed by atoms with van der Waals surface area (Å²) < 4.78 is 0. The molecule has 0 bridgehead atoms. The molecule has 1 rings (SSSR count). The lowest BCUT2D eigenvalue weighted by molar-refractivity contribution is 0.187. The summed E-state index contributed by atoms with van der Waals surface area (Å²) in [6, 6.07) is 7.95. The Morgan fingerprint density at radius 3 is 2.71 bits per heavy atom. The highest BCUT2D eigenvalue weighted by molar-refractivity contribution is 6.30. The normalized spacial score (nSPS) is 15.1. The van der Waals surface area contributed by atoms with Crippen molar-refractivity contribution in [2.24, 2.45) is 0 Å². The van der Waals surface area contributed by atoms with Crippen LogP contribution >= 0.6 is 11.6 Å². The third-order valence-electron chi connectivity index (χ3n) is 2.07. The Morgan fingerprint density at radius 1 is 1.43 bits per heavy atom. The molecule has 0 fully saturated rings. The van der Waals surface area contributed by atoms with Crippen LogP contribution in [0.5, 0.6) is 0 Å². The molecule has 1 aromatic carbocycles. The van der Waals surface area contributed by atoms with Crippen molar-refractivity contribution in [1.29, 1.82) is 0 Å². The maximum Gasteiger partial charge on any atom is 0.0636 e. The summed E-state index contributed by atoms with van der Waals surface area (Å²) in [5.74, 6) is 0. The second kappa shape index (κ2) is 5.35. The molecule has 0 aromatic heterocycles. The number of aliphatic hydroxyl groups excluding tert-OH is 1. The van der Waals surface area contributed by atoms with Gasteiger partial charge in [-0.3, -0.25) is 0 Å². The van der Waals surface area contributed by atoms with E-state index in [0.717, 1.165) is 10.6 Å². The molecule has 0 aliphatic rings. The number of hydrogen-bond acceptors (Lipinski definition) is 2. The molecule has 0 saturated carbocycles. The van der Waals surface area contributed by atoms with Crippen molar-refractivity contribution in [2.75, 3.05) is 6.54 Å². The van der Waals surface area contributed by atoms with Gasteiger partial charge in [-0.2, -0.15) is 0 Å². The number of aliphatic hydroxyl groups is 1. The van der Waals surface area contributed by atoms with Crippen LogP contribution in [0, 0.1) is 0 Å². The zero-order valence-electron chi connectivity index (χ0n) is 8.50. The van der Waals surface area contributed by atoms with Crippen molar-refractivity contribution in [3.05, 3.63) is 34.9 Å². The van der Waals surface area contributed by atoms with Crippen molar-refractivity contribution in [3.8, 4) is 0 Å². The second-order valence-electron chi connectivity index (χ2n) is 3.53. The first kappa shape index (κ1) is 11.5. The molecule has 0 aliphatic carbocycles. The zero-order chi connectivity index (χ0) is 10.6. The minimum atomic E-state index is -0.323. The maximum atomic E-state index is 9.11. The van der Waals surface area contributed by atoms with E-state index in [2.05, 4.69) is 5.32 Å². The summed E-state index contributed by atoms with van der Waals surface area (Å²) >= 11 is 5.87. The summed E-state index contributed by atoms with van der Waals surface area (Å²) in [6.45, 7) is 4.40. The molecule has 2 nitrogen and oxygen atoms in total. The van der Waals surface area contributed by atoms with Crippen molar-refractivity contribution in [2.45, 2.75) is 26.0 Å². The molecule has 2 N–H and O–H groups in total. The molecule has 2 atom stereocenters. The predicted molar refractivity (Wildman–Crippen MR) is 59.6 cm³/mol. The molecule has 0 amide bonds. The summed E-state index contributed by atoms with van der Waals surface area (Å²) in [4.78, 5) is 0. The fourth-order valence-corrected chi connectivity index (χ4v) is 1.44. The van der Waals surface area contributed by atoms with E-state index in [1.807, 2.05) is 31.2 Å². The monoisotopic (exact) mass is 213 g/mol. The molecule has 0 aliphatic heterocycles. The van der Waals surface area contributed by atoms with Crippen LogP contribution in [-0.4, -0.2) is 17.8 Å². The van der Waals surface area contributed by atoms with Gasteiger partial charge in [-0.25, -0.2) is 0 Å². The van der Waals surface area contributed by atoms with E-state index in [1.165, 1.54) is 0 Å². The van der Waals surface area contributed by atoms with Crippen LogP contribution in [0.2, 0.25) is 5.02 Å². The highest BCUT2D eigenvalue weighted by atomic mass is 35.5. The van der Waals surface area contributed by atoms with Gasteiger partial charge in [0.25, 0.3) is 0 Å². The largest absolute Gasteiger partial charge is 0.392 e. The Kier molecular flexibility index (Phi) is 4.39. The number of nitrogens with one attached hydrogen (secondary N) is 1. The van der Waals surface area contributed by atoms with Crippen LogP contribution in [0.25, 0.3) is 0 Å². The predicted octanol–water partition coefficient (Wildman–Crippen LogP) is 2.37. The van der Waals surface area contributed by atoms with Gasteiger partial charge in [0, 0.05) is 17.6 Å². The zero-order valence-corrected chi connectivity index (χ0v) is 9.25. The van der Waals surface area contributed by atoms with Gasteiger partial charge >= 0.3 is 0 Å². The van der Waals surface area contributed by atoms with Crippen LogP contribution in [0.1, 0.15) is 25.5 Å². The van der Waals surface area contributed by atoms with E-state index < -0.39 is 0 Å². The fraction of sp³-hybridized carbons (Fsp3) is 0.455. The van der Waals surface area contributed by atoms with Crippen molar-refractivity contribution in [1.82, 2.24) is 5.32 Å². The highest BCUT2D eigenvalue weighted by Gasteiger charge is 2.05. The van der Waals surface area contributed by atoms with E-state index >= 15 is 0 Å². The molecular weight excluding hydrogens is 198 g/mol. The van der Waals surface area contributed by atoms with Crippen LogP contribution in [0.15, 0.2) is 24.3 Å². The van der Waals surface area contributed by atoms with Gasteiger partial charge in [-0.1, -0.05) is 23.7 Å². The Labute approximate surface area is 89.9 Å². The van der Waals surface area contributed by atoms with Gasteiger partial charge in [-0.15, -0.1) is 0 Å². The van der Waals surface area contributed by atoms with Crippen molar-refractivity contribution in [3.63, 3.8) is 0 Å². The smallest absolute Gasteiger partial charge is 0.0636 e. The topological polar surface area (TPSA) is 32.3 Å². The third-order valence-corrected chi connectivity index (χ3v) is 2.30. The van der Waals surface area contributed by atoms with Gasteiger partial charge in [0.15, 0.2) is 0 Å². The molecule has 1 aromatic rings. The molecule has 78 valence electrons. The number of hydrogen-bond donors (Lipinski definition) is 2. The summed E-state index contributed by atoms with van der Waals surface area (Å²) in [5.41, 5.74) is 1.14. The molecule has 0 radical (unpaired) electrons. The van der Waals surface area contributed by atoms with Gasteiger partial charge in [0.1, 0.15) is 0 Å². The maximum absolute atomic E-state index is 9.11. The van der Waals surface area contributed by atoms with Crippen LogP contribution in [0.3, 0.4) is 0 Å². The lowest BCUT2D eigenvalue weighted by atomic mass is 10.1. The average Bonchev–Trinajstić information content (AvgIpc) is 2.14. The van der Waals surface area contributed by atoms with Gasteiger partial charge in [-0.05, 0) is 31.5 Å². The van der Waals surface area contributed by atoms with Crippen molar-refractivity contribution >= 4 is 11.6 Å². The molecule has 0 heterocycles. The molecule has 0 spiro atoms. The third kappa shape index (κ3) is 3.66. The summed E-state index contributed by atoms with van der Waals surface area (Å²) in [5, 5.41) is 13.1. The molecule has 14 heavy (non-hydrogen) atoms. The number of halogens is 1. The Hall–Kier alpha value is -0.570. The van der Waals surface area contributed by atoms with E-state index in [0.29, 0.717) is 6.54 Å². The Bertz CT molecular complexity index is 288. The summed E-state index contributed by atoms with van der Waals surface area (Å²) in [6.07, 6.45) is -0.323. The van der Waals surface area contributed by atoms with Crippen LogP contribution in [-0.2, 0) is 0 Å². The van der Waals surface area contributed by atoms with Crippen LogP contribution < -0.4 is 5.32 Å². The molecule has 3 heteroatoms. The fourth-order valence-electron chi connectivity index (χ4n) is 1.24. The Morgan fingerprint density at radius 2 is 2.14 bits per heavy atom. The molecule has 0 unspecified atom stereocenters. The summed E-state index contributed by atoms with van der Waals surface area (Å²) in [7, 11) is 0. The minimum absolute atomic E-state index is 0.211. The van der Waals surface area contributed by atoms with E-state index in [-0.39, 0.29) is 12.1 Å². The average molecular weight is 214 g/mol. The highest BCUT2D eigenvalue weighted by Crippen LogP contribution is 2.16. The first-order chi connectivity index (χ1) is 6.59. The molecular formula is C11H16ClNO. The first-order valence-electron chi connectivity index (χ1n) is 4.76.